The van der Waals surface area contributed by atoms with Crippen molar-refractivity contribution < 1.29 is 14.3 Å². The minimum atomic E-state index is -0.108. The predicted molar refractivity (Wildman–Crippen MR) is 120 cm³/mol. The zero-order valence-corrected chi connectivity index (χ0v) is 18.5. The molecule has 1 aromatic carbocycles. The summed E-state index contributed by atoms with van der Waals surface area (Å²) in [6.07, 6.45) is 3.47. The molecule has 0 saturated heterocycles. The number of anilines is 1. The van der Waals surface area contributed by atoms with Gasteiger partial charge in [0.15, 0.2) is 0 Å². The number of H-pyrrole nitrogens is 1. The van der Waals surface area contributed by atoms with Crippen molar-refractivity contribution in [3.63, 3.8) is 0 Å². The first-order valence-corrected chi connectivity index (χ1v) is 9.84. The van der Waals surface area contributed by atoms with Gasteiger partial charge in [-0.2, -0.15) is 0 Å². The molecule has 0 aliphatic heterocycles. The molecule has 29 heavy (non-hydrogen) atoms. The van der Waals surface area contributed by atoms with Gasteiger partial charge in [0, 0.05) is 36.8 Å². The summed E-state index contributed by atoms with van der Waals surface area (Å²) in [5, 5.41) is 5.43. The van der Waals surface area contributed by atoms with E-state index in [-0.39, 0.29) is 5.91 Å². The first-order chi connectivity index (χ1) is 13.9. The van der Waals surface area contributed by atoms with E-state index >= 15 is 0 Å². The number of rotatable bonds is 8. The van der Waals surface area contributed by atoms with Crippen LogP contribution in [0.4, 0.5) is 5.69 Å². The first kappa shape index (κ1) is 24.2. The molecule has 2 amide bonds. The zero-order valence-electron chi connectivity index (χ0n) is 18.5. The normalized spacial score (nSPS) is 10.8. The van der Waals surface area contributed by atoms with Crippen molar-refractivity contribution in [2.75, 3.05) is 26.1 Å². The van der Waals surface area contributed by atoms with Gasteiger partial charge in [0.1, 0.15) is 0 Å². The van der Waals surface area contributed by atoms with Crippen LogP contribution in [-0.4, -0.2) is 38.1 Å². The Hall–Kier alpha value is -2.86. The molecular weight excluding hydrogens is 366 g/mol. The number of methoxy groups -OCH3 is 1. The Bertz CT molecular complexity index is 866. The van der Waals surface area contributed by atoms with E-state index in [1.54, 1.807) is 14.2 Å². The minimum absolute atomic E-state index is 0.108. The lowest BCUT2D eigenvalue weighted by Crippen LogP contribution is -2.19. The van der Waals surface area contributed by atoms with Gasteiger partial charge in [-0.3, -0.25) is 9.59 Å². The van der Waals surface area contributed by atoms with Crippen molar-refractivity contribution >= 4 is 29.7 Å². The number of aromatic amines is 1. The second kappa shape index (κ2) is 11.9. The van der Waals surface area contributed by atoms with Gasteiger partial charge in [0.05, 0.1) is 12.2 Å². The molecule has 0 fully saturated rings. The monoisotopic (exact) mass is 399 g/mol. The third-order valence-electron chi connectivity index (χ3n) is 4.61. The Labute approximate surface area is 173 Å². The van der Waals surface area contributed by atoms with E-state index < -0.39 is 0 Å². The Balaban J connectivity index is 0.00000204. The smallest absolute Gasteiger partial charge is 0.253 e. The predicted octanol–water partition coefficient (Wildman–Crippen LogP) is 4.34. The van der Waals surface area contributed by atoms with E-state index in [1.807, 2.05) is 52.8 Å². The number of nitrogens with one attached hydrogen (secondary N) is 3. The first-order valence-electron chi connectivity index (χ1n) is 9.84. The fraction of sp³-hybridized carbons (Fsp3) is 0.391. The molecule has 158 valence electrons. The second-order valence-corrected chi connectivity index (χ2v) is 6.46. The molecule has 3 N–H and O–H groups in total. The van der Waals surface area contributed by atoms with Gasteiger partial charge in [0.25, 0.3) is 5.91 Å². The van der Waals surface area contributed by atoms with Crippen LogP contribution < -0.4 is 10.6 Å². The molecule has 2 aromatic rings. The lowest BCUT2D eigenvalue weighted by molar-refractivity contribution is -0.105. The third-order valence-corrected chi connectivity index (χ3v) is 4.61. The highest BCUT2D eigenvalue weighted by Crippen LogP contribution is 2.28. The van der Waals surface area contributed by atoms with Crippen molar-refractivity contribution in [1.29, 1.82) is 0 Å². The van der Waals surface area contributed by atoms with E-state index in [4.69, 9.17) is 4.74 Å². The lowest BCUT2D eigenvalue weighted by Gasteiger charge is -2.12. The Kier molecular flexibility index (Phi) is 9.89. The lowest BCUT2D eigenvalue weighted by atomic mass is 9.99. The molecule has 0 spiro atoms. The van der Waals surface area contributed by atoms with Crippen molar-refractivity contribution in [1.82, 2.24) is 10.3 Å². The van der Waals surface area contributed by atoms with Crippen molar-refractivity contribution in [3.8, 4) is 0 Å². The van der Waals surface area contributed by atoms with E-state index in [0.29, 0.717) is 18.6 Å². The number of benzene rings is 1. The Morgan fingerprint density at radius 2 is 1.93 bits per heavy atom. The molecule has 6 heteroatoms. The quantitative estimate of drug-likeness (QED) is 0.578. The fourth-order valence-electron chi connectivity index (χ4n) is 3.16. The number of aromatic nitrogens is 1. The largest absolute Gasteiger partial charge is 0.384 e. The summed E-state index contributed by atoms with van der Waals surface area (Å²) in [5.41, 5.74) is 7.04. The Morgan fingerprint density at radius 3 is 2.52 bits per heavy atom. The van der Waals surface area contributed by atoms with Gasteiger partial charge in [-0.1, -0.05) is 19.9 Å². The van der Waals surface area contributed by atoms with Crippen molar-refractivity contribution in [3.05, 3.63) is 51.8 Å². The van der Waals surface area contributed by atoms with Gasteiger partial charge < -0.3 is 20.4 Å². The number of amides is 2. The summed E-state index contributed by atoms with van der Waals surface area (Å²) in [4.78, 5) is 26.4. The molecule has 6 nitrogen and oxygen atoms in total. The molecule has 0 saturated carbocycles. The maximum absolute atomic E-state index is 12.1. The van der Waals surface area contributed by atoms with Crippen LogP contribution in [0.3, 0.4) is 0 Å². The number of carbonyl (C=O) groups is 2. The molecule has 0 aliphatic rings. The van der Waals surface area contributed by atoms with Crippen LogP contribution in [0.5, 0.6) is 0 Å². The van der Waals surface area contributed by atoms with Gasteiger partial charge in [-0.25, -0.2) is 0 Å². The van der Waals surface area contributed by atoms with Gasteiger partial charge >= 0.3 is 0 Å². The zero-order chi connectivity index (χ0) is 22.0. The van der Waals surface area contributed by atoms with Crippen molar-refractivity contribution in [2.24, 2.45) is 0 Å². The van der Waals surface area contributed by atoms with E-state index in [9.17, 15) is 9.59 Å². The molecule has 1 aromatic heterocycles. The van der Waals surface area contributed by atoms with Crippen LogP contribution in [0.25, 0.3) is 11.6 Å². The fourth-order valence-corrected chi connectivity index (χ4v) is 3.16. The van der Waals surface area contributed by atoms with Crippen molar-refractivity contribution in [2.45, 2.75) is 41.0 Å². The highest BCUT2D eigenvalue weighted by molar-refractivity contribution is 5.98. The maximum atomic E-state index is 12.1. The number of hydrogen-bond donors (Lipinski definition) is 3. The molecule has 0 radical (unpaired) electrons. The summed E-state index contributed by atoms with van der Waals surface area (Å²) in [5.74, 6) is -0.108. The average Bonchev–Trinajstić information content (AvgIpc) is 3.01. The van der Waals surface area contributed by atoms with Crippen LogP contribution in [0, 0.1) is 13.8 Å². The van der Waals surface area contributed by atoms with Crippen LogP contribution in [0.2, 0.25) is 0 Å². The number of aryl methyl sites for hydroxylation is 1. The maximum Gasteiger partial charge on any atom is 0.253 e. The van der Waals surface area contributed by atoms with Gasteiger partial charge in [0.2, 0.25) is 6.41 Å². The molecule has 0 unspecified atom stereocenters. The van der Waals surface area contributed by atoms with Gasteiger partial charge in [-0.15, -0.1) is 0 Å². The summed E-state index contributed by atoms with van der Waals surface area (Å²) in [6.45, 7) is 10.4. The number of ether oxygens (including phenoxy) is 1. The number of allylic oxidation sites excluding steroid dienone is 1. The number of hydrogen-bond acceptors (Lipinski definition) is 3. The summed E-state index contributed by atoms with van der Waals surface area (Å²) < 4.78 is 5.15. The van der Waals surface area contributed by atoms with E-state index in [2.05, 4.69) is 21.7 Å². The van der Waals surface area contributed by atoms with Crippen LogP contribution >= 0.6 is 0 Å². The third kappa shape index (κ3) is 6.06. The standard InChI is InChI=1S/C21H27N3O3.C2H6/c1-13(10-19-14(2)20(15(3)24-19)21(26)22-4)17-11-16(8-9-27-5)6-7-18(17)23-12-25;1-2/h6-7,10-12,24H,8-9H2,1-5H3,(H,22,26)(H,23,25);1-2H3/b13-10+;. The van der Waals surface area contributed by atoms with E-state index in [0.717, 1.165) is 45.8 Å². The minimum Gasteiger partial charge on any atom is -0.384 e. The topological polar surface area (TPSA) is 83.2 Å². The summed E-state index contributed by atoms with van der Waals surface area (Å²) in [6, 6.07) is 5.94. The Morgan fingerprint density at radius 1 is 1.24 bits per heavy atom. The summed E-state index contributed by atoms with van der Waals surface area (Å²) in [7, 11) is 3.30. The average molecular weight is 400 g/mol. The second-order valence-electron chi connectivity index (χ2n) is 6.46. The SMILES string of the molecule is CC.CNC(=O)c1c(C)[nH]c(/C=C(\C)c2cc(CCOC)ccc2NC=O)c1C. The molecule has 0 aliphatic carbocycles. The van der Waals surface area contributed by atoms with Gasteiger partial charge in [-0.05, 0) is 62.1 Å². The highest BCUT2D eigenvalue weighted by atomic mass is 16.5. The van der Waals surface area contributed by atoms with E-state index in [1.165, 1.54) is 0 Å². The van der Waals surface area contributed by atoms with Crippen LogP contribution in [-0.2, 0) is 16.0 Å². The van der Waals surface area contributed by atoms with Crippen LogP contribution in [0.1, 0.15) is 59.2 Å². The molecule has 1 heterocycles. The number of carbonyl (C=O) groups excluding carboxylic acids is 2. The highest BCUT2D eigenvalue weighted by Gasteiger charge is 2.16. The summed E-state index contributed by atoms with van der Waals surface area (Å²) >= 11 is 0. The molecule has 2 rings (SSSR count). The molecule has 0 bridgehead atoms. The molecular formula is C23H33N3O3. The molecule has 0 atom stereocenters. The van der Waals surface area contributed by atoms with Crippen LogP contribution in [0.15, 0.2) is 18.2 Å².